The van der Waals surface area contributed by atoms with Crippen molar-refractivity contribution in [2.45, 2.75) is 13.3 Å². The van der Waals surface area contributed by atoms with E-state index in [9.17, 15) is 4.79 Å². The van der Waals surface area contributed by atoms with Crippen molar-refractivity contribution in [3.63, 3.8) is 0 Å². The fourth-order valence-corrected chi connectivity index (χ4v) is 2.48. The number of pyridine rings is 1. The number of halogens is 1. The Bertz CT molecular complexity index is 912. The average Bonchev–Trinajstić information content (AvgIpc) is 2.62. The number of benzene rings is 1. The smallest absolute Gasteiger partial charge is 0.247 e. The monoisotopic (exact) mass is 342 g/mol. The van der Waals surface area contributed by atoms with Gasteiger partial charge in [0.1, 0.15) is 11.6 Å². The minimum Gasteiger partial charge on any atom is -0.247 e. The molecule has 122 valence electrons. The first-order valence-corrected chi connectivity index (χ1v) is 7.70. The Balaban J connectivity index is 2.13. The van der Waals surface area contributed by atoms with Gasteiger partial charge < -0.3 is 0 Å². The molecule has 0 aliphatic carbocycles. The molecule has 0 spiro atoms. The van der Waals surface area contributed by atoms with E-state index in [1.165, 1.54) is 9.58 Å². The molecule has 7 nitrogen and oxygen atoms in total. The van der Waals surface area contributed by atoms with Gasteiger partial charge in [-0.25, -0.2) is 25.2 Å². The number of rotatable bonds is 4. The van der Waals surface area contributed by atoms with Crippen LogP contribution >= 0.6 is 11.6 Å². The first kappa shape index (κ1) is 16.1. The van der Waals surface area contributed by atoms with E-state index in [-0.39, 0.29) is 5.95 Å². The van der Waals surface area contributed by atoms with Crippen molar-refractivity contribution in [2.24, 2.45) is 5.84 Å². The van der Waals surface area contributed by atoms with Crippen LogP contribution in [0.2, 0.25) is 5.02 Å². The maximum absolute atomic E-state index is 12.6. The van der Waals surface area contributed by atoms with Gasteiger partial charge in [0.05, 0.1) is 10.7 Å². The Kier molecular flexibility index (Phi) is 4.54. The second kappa shape index (κ2) is 6.77. The third kappa shape index (κ3) is 2.99. The summed E-state index contributed by atoms with van der Waals surface area (Å²) in [4.78, 5) is 25.1. The fraction of sp³-hybridized carbons (Fsp3) is 0.125. The highest BCUT2D eigenvalue weighted by Crippen LogP contribution is 2.20. The van der Waals surface area contributed by atoms with Gasteiger partial charge in [-0.2, -0.15) is 9.97 Å². The SMILES string of the molecule is CCc1nc(N(N)c2ccccn2)nc(=O)n1-c1ccccc1Cl. The van der Waals surface area contributed by atoms with Crippen molar-refractivity contribution in [3.8, 4) is 5.69 Å². The standard InChI is InChI=1S/C16H15ClN6O/c1-2-13-20-15(23(18)14-9-5-6-10-19-14)21-16(24)22(13)12-8-4-3-7-11(12)17/h3-10H,2,18H2,1H3. The molecule has 0 aliphatic heterocycles. The van der Waals surface area contributed by atoms with E-state index in [4.69, 9.17) is 17.4 Å². The predicted molar refractivity (Wildman–Crippen MR) is 92.6 cm³/mol. The van der Waals surface area contributed by atoms with Crippen LogP contribution < -0.4 is 16.5 Å². The largest absolute Gasteiger partial charge is 0.356 e. The Hall–Kier alpha value is -2.77. The third-order valence-corrected chi connectivity index (χ3v) is 3.71. The van der Waals surface area contributed by atoms with Gasteiger partial charge in [-0.05, 0) is 24.3 Å². The second-order valence-corrected chi connectivity index (χ2v) is 5.33. The molecule has 1 aromatic carbocycles. The van der Waals surface area contributed by atoms with Crippen LogP contribution in [0.1, 0.15) is 12.7 Å². The summed E-state index contributed by atoms with van der Waals surface area (Å²) in [7, 11) is 0. The van der Waals surface area contributed by atoms with Gasteiger partial charge in [0, 0.05) is 12.6 Å². The molecule has 0 saturated carbocycles. The number of aromatic nitrogens is 4. The van der Waals surface area contributed by atoms with Gasteiger partial charge in [-0.15, -0.1) is 0 Å². The highest BCUT2D eigenvalue weighted by atomic mass is 35.5. The first-order valence-electron chi connectivity index (χ1n) is 7.32. The third-order valence-electron chi connectivity index (χ3n) is 3.40. The van der Waals surface area contributed by atoms with Crippen molar-refractivity contribution < 1.29 is 0 Å². The number of anilines is 2. The van der Waals surface area contributed by atoms with E-state index in [1.807, 2.05) is 6.92 Å². The topological polar surface area (TPSA) is 89.9 Å². The molecule has 0 saturated heterocycles. The minimum atomic E-state index is -0.503. The molecule has 0 radical (unpaired) electrons. The lowest BCUT2D eigenvalue weighted by molar-refractivity contribution is 0.754. The first-order chi connectivity index (χ1) is 11.6. The Morgan fingerprint density at radius 3 is 2.58 bits per heavy atom. The summed E-state index contributed by atoms with van der Waals surface area (Å²) in [5.41, 5.74) is 0.0327. The molecule has 3 aromatic rings. The molecule has 2 heterocycles. The van der Waals surface area contributed by atoms with Crippen molar-refractivity contribution in [3.05, 3.63) is 70.0 Å². The molecular formula is C16H15ClN6O. The van der Waals surface area contributed by atoms with Crippen LogP contribution in [0, 0.1) is 0 Å². The van der Waals surface area contributed by atoms with E-state index in [0.29, 0.717) is 28.8 Å². The number of hydrogen-bond acceptors (Lipinski definition) is 6. The highest BCUT2D eigenvalue weighted by molar-refractivity contribution is 6.32. The van der Waals surface area contributed by atoms with Gasteiger partial charge in [-0.1, -0.05) is 36.7 Å². The Morgan fingerprint density at radius 1 is 1.17 bits per heavy atom. The van der Waals surface area contributed by atoms with Crippen LogP contribution in [0.5, 0.6) is 0 Å². The summed E-state index contributed by atoms with van der Waals surface area (Å²) in [6.45, 7) is 1.89. The molecule has 0 atom stereocenters. The van der Waals surface area contributed by atoms with Crippen LogP contribution in [0.15, 0.2) is 53.5 Å². The predicted octanol–water partition coefficient (Wildman–Crippen LogP) is 2.25. The summed E-state index contributed by atoms with van der Waals surface area (Å²) in [5.74, 6) is 7.02. The molecular weight excluding hydrogens is 328 g/mol. The average molecular weight is 343 g/mol. The van der Waals surface area contributed by atoms with E-state index in [1.54, 1.807) is 48.7 Å². The lowest BCUT2D eigenvalue weighted by atomic mass is 10.3. The molecule has 0 fully saturated rings. The second-order valence-electron chi connectivity index (χ2n) is 4.92. The van der Waals surface area contributed by atoms with Gasteiger partial charge >= 0.3 is 5.69 Å². The number of para-hydroxylation sites is 1. The summed E-state index contributed by atoms with van der Waals surface area (Å²) < 4.78 is 1.39. The number of nitrogens with two attached hydrogens (primary N) is 1. The molecule has 2 aromatic heterocycles. The van der Waals surface area contributed by atoms with Crippen LogP contribution in [0.3, 0.4) is 0 Å². The molecule has 0 bridgehead atoms. The van der Waals surface area contributed by atoms with Gasteiger partial charge in [-0.3, -0.25) is 0 Å². The maximum atomic E-state index is 12.6. The van der Waals surface area contributed by atoms with Crippen molar-refractivity contribution in [1.29, 1.82) is 0 Å². The van der Waals surface area contributed by atoms with E-state index < -0.39 is 5.69 Å². The summed E-state index contributed by atoms with van der Waals surface area (Å²) in [6.07, 6.45) is 2.10. The number of aryl methyl sites for hydroxylation is 1. The van der Waals surface area contributed by atoms with Crippen molar-refractivity contribution in [2.75, 3.05) is 5.01 Å². The Labute approximate surface area is 143 Å². The summed E-state index contributed by atoms with van der Waals surface area (Å²) in [6, 6.07) is 12.3. The van der Waals surface area contributed by atoms with Crippen LogP contribution in [0.4, 0.5) is 11.8 Å². The normalized spacial score (nSPS) is 10.6. The number of hydrogen-bond donors (Lipinski definition) is 1. The summed E-state index contributed by atoms with van der Waals surface area (Å²) >= 11 is 6.20. The van der Waals surface area contributed by atoms with Gasteiger partial charge in [0.15, 0.2) is 0 Å². The zero-order valence-electron chi connectivity index (χ0n) is 12.9. The van der Waals surface area contributed by atoms with Gasteiger partial charge in [0.25, 0.3) is 5.95 Å². The van der Waals surface area contributed by atoms with E-state index in [0.717, 1.165) is 0 Å². The van der Waals surface area contributed by atoms with Crippen molar-refractivity contribution >= 4 is 23.4 Å². The zero-order valence-corrected chi connectivity index (χ0v) is 13.7. The quantitative estimate of drug-likeness (QED) is 0.577. The van der Waals surface area contributed by atoms with E-state index in [2.05, 4.69) is 15.0 Å². The van der Waals surface area contributed by atoms with Gasteiger partial charge in [0.2, 0.25) is 0 Å². The minimum absolute atomic E-state index is 0.0823. The Morgan fingerprint density at radius 2 is 1.92 bits per heavy atom. The fourth-order valence-electron chi connectivity index (χ4n) is 2.26. The zero-order chi connectivity index (χ0) is 17.1. The number of nitrogens with zero attached hydrogens (tertiary/aromatic N) is 5. The molecule has 0 unspecified atom stereocenters. The lowest BCUT2D eigenvalue weighted by Crippen LogP contribution is -2.34. The number of hydrazine groups is 1. The summed E-state index contributed by atoms with van der Waals surface area (Å²) in [5, 5.41) is 1.62. The van der Waals surface area contributed by atoms with E-state index >= 15 is 0 Å². The maximum Gasteiger partial charge on any atom is 0.356 e. The van der Waals surface area contributed by atoms with Crippen molar-refractivity contribution in [1.82, 2.24) is 19.5 Å². The van der Waals surface area contributed by atoms with Crippen LogP contribution in [-0.4, -0.2) is 19.5 Å². The molecule has 3 rings (SSSR count). The molecule has 2 N–H and O–H groups in total. The highest BCUT2D eigenvalue weighted by Gasteiger charge is 2.16. The molecule has 24 heavy (non-hydrogen) atoms. The molecule has 0 aliphatic rings. The molecule has 8 heteroatoms. The lowest BCUT2D eigenvalue weighted by Gasteiger charge is -2.18. The van der Waals surface area contributed by atoms with Crippen LogP contribution in [0.25, 0.3) is 5.69 Å². The molecule has 0 amide bonds. The van der Waals surface area contributed by atoms with Crippen LogP contribution in [-0.2, 0) is 6.42 Å².